The number of aromatic nitrogens is 5. The van der Waals surface area contributed by atoms with Crippen LogP contribution in [0.4, 0.5) is 5.95 Å². The smallest absolute Gasteiger partial charge is 0.225 e. The Morgan fingerprint density at radius 1 is 1.17 bits per heavy atom. The van der Waals surface area contributed by atoms with E-state index in [0.29, 0.717) is 5.92 Å². The fourth-order valence-corrected chi connectivity index (χ4v) is 4.04. The number of hydrogen-bond donors (Lipinski definition) is 0. The summed E-state index contributed by atoms with van der Waals surface area (Å²) >= 11 is 0. The van der Waals surface area contributed by atoms with Crippen LogP contribution in [-0.2, 0) is 6.54 Å². The molecule has 3 aromatic heterocycles. The summed E-state index contributed by atoms with van der Waals surface area (Å²) < 4.78 is 5.43. The maximum atomic E-state index is 5.43. The second kappa shape index (κ2) is 8.24. The molecule has 0 aliphatic carbocycles. The maximum Gasteiger partial charge on any atom is 0.225 e. The lowest BCUT2D eigenvalue weighted by Crippen LogP contribution is -2.35. The number of aryl methyl sites for hydroxylation is 2. The molecule has 4 rings (SSSR count). The summed E-state index contributed by atoms with van der Waals surface area (Å²) in [6, 6.07) is 0. The molecule has 0 amide bonds. The van der Waals surface area contributed by atoms with Gasteiger partial charge in [0.15, 0.2) is 0 Å². The van der Waals surface area contributed by atoms with Gasteiger partial charge in [-0.3, -0.25) is 14.9 Å². The predicted octanol–water partition coefficient (Wildman–Crippen LogP) is 2.98. The van der Waals surface area contributed by atoms with Gasteiger partial charge in [-0.1, -0.05) is 5.16 Å². The monoisotopic (exact) mass is 393 g/mol. The first-order valence-corrected chi connectivity index (χ1v) is 9.97. The maximum absolute atomic E-state index is 5.43. The molecule has 0 radical (unpaired) electrons. The van der Waals surface area contributed by atoms with Crippen molar-refractivity contribution in [3.63, 3.8) is 0 Å². The molecule has 0 aromatic carbocycles. The van der Waals surface area contributed by atoms with E-state index in [0.717, 1.165) is 72.4 Å². The van der Waals surface area contributed by atoms with Gasteiger partial charge in [0.05, 0.1) is 22.6 Å². The van der Waals surface area contributed by atoms with Crippen LogP contribution in [0.15, 0.2) is 29.3 Å². The molecule has 29 heavy (non-hydrogen) atoms. The third kappa shape index (κ3) is 4.12. The summed E-state index contributed by atoms with van der Waals surface area (Å²) in [4.78, 5) is 22.5. The molecule has 1 fully saturated rings. The SMILES string of the molecule is Cc1noc(C)c1-c1cnc(N(C)C)nc1[C@H]1CCCN(Cc2cnccn2)C1. The van der Waals surface area contributed by atoms with Crippen LogP contribution in [0.3, 0.4) is 0 Å². The van der Waals surface area contributed by atoms with Crippen LogP contribution in [-0.4, -0.2) is 57.2 Å². The number of rotatable bonds is 5. The van der Waals surface area contributed by atoms with Crippen molar-refractivity contribution < 1.29 is 4.52 Å². The Morgan fingerprint density at radius 3 is 2.72 bits per heavy atom. The highest BCUT2D eigenvalue weighted by Gasteiger charge is 2.28. The minimum atomic E-state index is 0.311. The van der Waals surface area contributed by atoms with Gasteiger partial charge in [-0.25, -0.2) is 9.97 Å². The molecule has 0 bridgehead atoms. The highest BCUT2D eigenvalue weighted by atomic mass is 16.5. The number of piperidine rings is 1. The van der Waals surface area contributed by atoms with E-state index < -0.39 is 0 Å². The topological polar surface area (TPSA) is 84.1 Å². The standard InChI is InChI=1S/C21H27N7O/c1-14-19(15(2)29-26-14)18-11-24-21(27(3)4)25-20(18)16-6-5-9-28(12-16)13-17-10-22-7-8-23-17/h7-8,10-11,16H,5-6,9,12-13H2,1-4H3/t16-/m0/s1. The fraction of sp³-hybridized carbons (Fsp3) is 0.476. The Balaban J connectivity index is 1.67. The van der Waals surface area contributed by atoms with Gasteiger partial charge in [0.25, 0.3) is 0 Å². The average Bonchev–Trinajstić information content (AvgIpc) is 3.06. The Labute approximate surface area is 171 Å². The Kier molecular flexibility index (Phi) is 5.53. The molecule has 1 aliphatic heterocycles. The van der Waals surface area contributed by atoms with Gasteiger partial charge in [-0.05, 0) is 33.2 Å². The lowest BCUT2D eigenvalue weighted by molar-refractivity contribution is 0.196. The predicted molar refractivity (Wildman–Crippen MR) is 111 cm³/mol. The van der Waals surface area contributed by atoms with E-state index in [1.54, 1.807) is 12.4 Å². The molecule has 4 heterocycles. The second-order valence-electron chi connectivity index (χ2n) is 7.83. The fourth-order valence-electron chi connectivity index (χ4n) is 4.04. The third-order valence-electron chi connectivity index (χ3n) is 5.40. The molecule has 0 N–H and O–H groups in total. The summed E-state index contributed by atoms with van der Waals surface area (Å²) in [5, 5.41) is 4.14. The van der Waals surface area contributed by atoms with Crippen LogP contribution >= 0.6 is 0 Å². The summed E-state index contributed by atoms with van der Waals surface area (Å²) in [7, 11) is 3.94. The largest absolute Gasteiger partial charge is 0.361 e. The van der Waals surface area contributed by atoms with Gasteiger partial charge >= 0.3 is 0 Å². The van der Waals surface area contributed by atoms with Crippen molar-refractivity contribution in [3.8, 4) is 11.1 Å². The normalized spacial score (nSPS) is 17.4. The van der Waals surface area contributed by atoms with E-state index in [-0.39, 0.29) is 0 Å². The zero-order chi connectivity index (χ0) is 20.4. The van der Waals surface area contributed by atoms with Gasteiger partial charge in [-0.15, -0.1) is 0 Å². The van der Waals surface area contributed by atoms with E-state index in [1.165, 1.54) is 0 Å². The van der Waals surface area contributed by atoms with E-state index >= 15 is 0 Å². The Hall–Kier alpha value is -2.87. The molecule has 8 heteroatoms. The second-order valence-corrected chi connectivity index (χ2v) is 7.83. The molecular weight excluding hydrogens is 366 g/mol. The average molecular weight is 393 g/mol. The molecule has 8 nitrogen and oxygen atoms in total. The first-order chi connectivity index (χ1) is 14.0. The summed E-state index contributed by atoms with van der Waals surface area (Å²) in [5.41, 5.74) is 4.98. The third-order valence-corrected chi connectivity index (χ3v) is 5.40. The van der Waals surface area contributed by atoms with Crippen LogP contribution in [0.25, 0.3) is 11.1 Å². The van der Waals surface area contributed by atoms with Crippen LogP contribution in [0.1, 0.15) is 41.6 Å². The van der Waals surface area contributed by atoms with Gasteiger partial charge < -0.3 is 9.42 Å². The van der Waals surface area contributed by atoms with Gasteiger partial charge in [-0.2, -0.15) is 0 Å². The highest BCUT2D eigenvalue weighted by molar-refractivity contribution is 5.70. The van der Waals surface area contributed by atoms with Crippen molar-refractivity contribution >= 4 is 5.95 Å². The molecule has 1 aliphatic rings. The van der Waals surface area contributed by atoms with Gasteiger partial charge in [0, 0.05) is 63.5 Å². The van der Waals surface area contributed by atoms with Crippen molar-refractivity contribution in [1.82, 2.24) is 30.0 Å². The molecular formula is C21H27N7O. The number of anilines is 1. The Bertz CT molecular complexity index is 951. The van der Waals surface area contributed by atoms with E-state index in [4.69, 9.17) is 9.51 Å². The molecule has 1 atom stereocenters. The molecule has 1 saturated heterocycles. The lowest BCUT2D eigenvalue weighted by atomic mass is 9.89. The van der Waals surface area contributed by atoms with Crippen molar-refractivity contribution in [1.29, 1.82) is 0 Å². The first kappa shape index (κ1) is 19.4. The van der Waals surface area contributed by atoms with Crippen LogP contribution in [0, 0.1) is 13.8 Å². The molecule has 0 spiro atoms. The van der Waals surface area contributed by atoms with Crippen molar-refractivity contribution in [2.45, 2.75) is 39.2 Å². The summed E-state index contributed by atoms with van der Waals surface area (Å²) in [6.07, 6.45) is 9.44. The van der Waals surface area contributed by atoms with E-state index in [2.05, 4.69) is 25.0 Å². The minimum absolute atomic E-state index is 0.311. The van der Waals surface area contributed by atoms with E-state index in [9.17, 15) is 0 Å². The lowest BCUT2D eigenvalue weighted by Gasteiger charge is -2.33. The van der Waals surface area contributed by atoms with Crippen LogP contribution in [0.5, 0.6) is 0 Å². The van der Waals surface area contributed by atoms with Crippen LogP contribution < -0.4 is 4.90 Å². The zero-order valence-electron chi connectivity index (χ0n) is 17.5. The van der Waals surface area contributed by atoms with Crippen LogP contribution in [0.2, 0.25) is 0 Å². The highest BCUT2D eigenvalue weighted by Crippen LogP contribution is 2.36. The molecule has 3 aromatic rings. The summed E-state index contributed by atoms with van der Waals surface area (Å²) in [6.45, 7) is 6.70. The molecule has 152 valence electrons. The van der Waals surface area contributed by atoms with Gasteiger partial charge in [0.1, 0.15) is 5.76 Å². The van der Waals surface area contributed by atoms with Crippen molar-refractivity contribution in [2.75, 3.05) is 32.1 Å². The van der Waals surface area contributed by atoms with Crippen molar-refractivity contribution in [3.05, 3.63) is 47.6 Å². The minimum Gasteiger partial charge on any atom is -0.361 e. The number of nitrogens with zero attached hydrogens (tertiary/aromatic N) is 7. The van der Waals surface area contributed by atoms with Gasteiger partial charge in [0.2, 0.25) is 5.95 Å². The summed E-state index contributed by atoms with van der Waals surface area (Å²) in [5.74, 6) is 1.84. The van der Waals surface area contributed by atoms with Crippen molar-refractivity contribution in [2.24, 2.45) is 0 Å². The molecule has 0 unspecified atom stereocenters. The zero-order valence-corrected chi connectivity index (χ0v) is 17.5. The Morgan fingerprint density at radius 2 is 2.03 bits per heavy atom. The molecule has 0 saturated carbocycles. The number of likely N-dealkylation sites (tertiary alicyclic amines) is 1. The quantitative estimate of drug-likeness (QED) is 0.654. The number of hydrogen-bond acceptors (Lipinski definition) is 8. The first-order valence-electron chi connectivity index (χ1n) is 9.97. The van der Waals surface area contributed by atoms with E-state index in [1.807, 2.05) is 45.2 Å².